The largest absolute Gasteiger partial charge is 0.480 e. The lowest BCUT2D eigenvalue weighted by molar-refractivity contribution is -0.152. The smallest absolute Gasteiger partial charge is 0.408 e. The Kier molecular flexibility index (Phi) is 6.26. The quantitative estimate of drug-likeness (QED) is 0.599. The molecule has 0 bridgehead atoms. The van der Waals surface area contributed by atoms with E-state index in [4.69, 9.17) is 9.84 Å². The molecule has 0 saturated carbocycles. The number of methoxy groups -OCH3 is 1. The minimum atomic E-state index is -1.64. The average Bonchev–Trinajstić information content (AvgIpc) is 2.24. The van der Waals surface area contributed by atoms with Gasteiger partial charge in [0.2, 0.25) is 0 Å². The number of carboxylic acids is 1. The average molecular weight is 277 g/mol. The maximum atomic E-state index is 11.4. The molecule has 1 amide bonds. The molecule has 0 spiro atoms. The lowest BCUT2D eigenvalue weighted by Crippen LogP contribution is -2.46. The standard InChI is InChI=1S/C11H19NO7/c1-11(2,3)19-10(17)12-6(8(14)15)5-7(13)9(16)18-4/h6-7,13H,5H2,1-4H3,(H,12,17)(H,14,15)/t6-,7-/m0/s1. The molecule has 0 aliphatic carbocycles. The highest BCUT2D eigenvalue weighted by atomic mass is 16.6. The van der Waals surface area contributed by atoms with Crippen LogP contribution in [0.2, 0.25) is 0 Å². The molecule has 2 atom stereocenters. The molecule has 0 saturated heterocycles. The maximum absolute atomic E-state index is 11.4. The Morgan fingerprint density at radius 2 is 1.79 bits per heavy atom. The molecule has 0 unspecified atom stereocenters. The summed E-state index contributed by atoms with van der Waals surface area (Å²) in [5.74, 6) is -2.37. The number of aliphatic hydroxyl groups excluding tert-OH is 1. The van der Waals surface area contributed by atoms with Gasteiger partial charge < -0.3 is 25.0 Å². The van der Waals surface area contributed by atoms with Crippen LogP contribution in [0.15, 0.2) is 0 Å². The zero-order valence-electron chi connectivity index (χ0n) is 11.3. The lowest BCUT2D eigenvalue weighted by atomic mass is 10.1. The van der Waals surface area contributed by atoms with Crippen LogP contribution in [0.25, 0.3) is 0 Å². The van der Waals surface area contributed by atoms with Gasteiger partial charge in [0.25, 0.3) is 0 Å². The fourth-order valence-corrected chi connectivity index (χ4v) is 1.13. The van der Waals surface area contributed by atoms with Crippen molar-refractivity contribution in [3.05, 3.63) is 0 Å². The van der Waals surface area contributed by atoms with Gasteiger partial charge in [0.15, 0.2) is 6.10 Å². The van der Waals surface area contributed by atoms with Crippen LogP contribution in [0.4, 0.5) is 4.79 Å². The van der Waals surface area contributed by atoms with Crippen molar-refractivity contribution < 1.29 is 34.1 Å². The van der Waals surface area contributed by atoms with Crippen molar-refractivity contribution in [2.24, 2.45) is 0 Å². The molecule has 110 valence electrons. The van der Waals surface area contributed by atoms with Gasteiger partial charge in [-0.05, 0) is 20.8 Å². The number of esters is 1. The number of hydrogen-bond donors (Lipinski definition) is 3. The van der Waals surface area contributed by atoms with Crippen molar-refractivity contribution in [1.29, 1.82) is 0 Å². The molecular formula is C11H19NO7. The van der Waals surface area contributed by atoms with Crippen LogP contribution >= 0.6 is 0 Å². The Morgan fingerprint density at radius 1 is 1.26 bits per heavy atom. The summed E-state index contributed by atoms with van der Waals surface area (Å²) in [5, 5.41) is 20.3. The summed E-state index contributed by atoms with van der Waals surface area (Å²) in [7, 11) is 1.06. The molecule has 0 rings (SSSR count). The summed E-state index contributed by atoms with van der Waals surface area (Å²) in [6.45, 7) is 4.85. The first-order valence-electron chi connectivity index (χ1n) is 5.55. The first-order valence-corrected chi connectivity index (χ1v) is 5.55. The Morgan fingerprint density at radius 3 is 2.16 bits per heavy atom. The van der Waals surface area contributed by atoms with Gasteiger partial charge >= 0.3 is 18.0 Å². The van der Waals surface area contributed by atoms with E-state index in [1.54, 1.807) is 20.8 Å². The second-order valence-electron chi connectivity index (χ2n) is 4.81. The van der Waals surface area contributed by atoms with E-state index < -0.39 is 42.2 Å². The Hall–Kier alpha value is -1.83. The molecule has 3 N–H and O–H groups in total. The van der Waals surface area contributed by atoms with E-state index in [1.165, 1.54) is 0 Å². The van der Waals surface area contributed by atoms with E-state index in [1.807, 2.05) is 0 Å². The highest BCUT2D eigenvalue weighted by molar-refractivity contribution is 5.81. The molecule has 0 heterocycles. The normalized spacial score (nSPS) is 14.2. The summed E-state index contributed by atoms with van der Waals surface area (Å²) in [6, 6.07) is -1.45. The van der Waals surface area contributed by atoms with E-state index in [2.05, 4.69) is 10.1 Å². The van der Waals surface area contributed by atoms with Crippen molar-refractivity contribution in [1.82, 2.24) is 5.32 Å². The third kappa shape index (κ3) is 7.24. The molecule has 8 heteroatoms. The van der Waals surface area contributed by atoms with Gasteiger partial charge in [-0.15, -0.1) is 0 Å². The summed E-state index contributed by atoms with van der Waals surface area (Å²) in [4.78, 5) is 33.3. The van der Waals surface area contributed by atoms with Gasteiger partial charge in [-0.2, -0.15) is 0 Å². The summed E-state index contributed by atoms with van der Waals surface area (Å²) < 4.78 is 9.13. The number of carbonyl (C=O) groups is 3. The highest BCUT2D eigenvalue weighted by Gasteiger charge is 2.29. The number of amides is 1. The summed E-state index contributed by atoms with van der Waals surface area (Å²) in [5.41, 5.74) is -0.784. The van der Waals surface area contributed by atoms with E-state index >= 15 is 0 Å². The summed E-state index contributed by atoms with van der Waals surface area (Å²) >= 11 is 0. The Balaban J connectivity index is 4.55. The third-order valence-corrected chi connectivity index (χ3v) is 1.92. The number of nitrogens with one attached hydrogen (secondary N) is 1. The molecule has 0 aliphatic rings. The van der Waals surface area contributed by atoms with E-state index in [-0.39, 0.29) is 0 Å². The zero-order valence-corrected chi connectivity index (χ0v) is 11.3. The SMILES string of the molecule is COC(=O)[C@@H](O)C[C@H](NC(=O)OC(C)(C)C)C(=O)O. The monoisotopic (exact) mass is 277 g/mol. The fourth-order valence-electron chi connectivity index (χ4n) is 1.13. The predicted molar refractivity (Wildman–Crippen MR) is 63.4 cm³/mol. The maximum Gasteiger partial charge on any atom is 0.408 e. The van der Waals surface area contributed by atoms with Gasteiger partial charge in [-0.1, -0.05) is 0 Å². The first kappa shape index (κ1) is 17.2. The molecule has 19 heavy (non-hydrogen) atoms. The molecule has 8 nitrogen and oxygen atoms in total. The van der Waals surface area contributed by atoms with Gasteiger partial charge in [-0.25, -0.2) is 14.4 Å². The predicted octanol–water partition coefficient (Wildman–Crippen LogP) is -0.112. The van der Waals surface area contributed by atoms with E-state index in [9.17, 15) is 19.5 Å². The molecule has 0 fully saturated rings. The number of ether oxygens (including phenoxy) is 2. The minimum Gasteiger partial charge on any atom is -0.480 e. The number of carboxylic acid groups (broad SMARTS) is 1. The van der Waals surface area contributed by atoms with Gasteiger partial charge in [0, 0.05) is 6.42 Å². The Labute approximate surface area is 110 Å². The first-order chi connectivity index (χ1) is 8.56. The number of hydrogen-bond acceptors (Lipinski definition) is 6. The topological polar surface area (TPSA) is 122 Å². The second kappa shape index (κ2) is 6.93. The van der Waals surface area contributed by atoms with Crippen LogP contribution < -0.4 is 5.32 Å². The van der Waals surface area contributed by atoms with E-state index in [0.29, 0.717) is 0 Å². The van der Waals surface area contributed by atoms with Crippen molar-refractivity contribution >= 4 is 18.0 Å². The second-order valence-corrected chi connectivity index (χ2v) is 4.81. The Bertz CT molecular complexity index is 347. The number of carbonyl (C=O) groups excluding carboxylic acids is 2. The number of aliphatic hydroxyl groups is 1. The van der Waals surface area contributed by atoms with Crippen LogP contribution in [-0.2, 0) is 19.1 Å². The van der Waals surface area contributed by atoms with Gasteiger partial charge in [0.1, 0.15) is 11.6 Å². The lowest BCUT2D eigenvalue weighted by Gasteiger charge is -2.22. The molecule has 0 aliphatic heterocycles. The molecule has 0 aromatic heterocycles. The molecular weight excluding hydrogens is 258 g/mol. The summed E-state index contributed by atoms with van der Waals surface area (Å²) in [6.07, 6.45) is -3.10. The van der Waals surface area contributed by atoms with Crippen LogP contribution in [0.1, 0.15) is 27.2 Å². The fraction of sp³-hybridized carbons (Fsp3) is 0.727. The number of aliphatic carboxylic acids is 1. The van der Waals surface area contributed by atoms with E-state index in [0.717, 1.165) is 7.11 Å². The zero-order chi connectivity index (χ0) is 15.2. The number of alkyl carbamates (subject to hydrolysis) is 1. The van der Waals surface area contributed by atoms with Crippen LogP contribution in [0.5, 0.6) is 0 Å². The van der Waals surface area contributed by atoms with Gasteiger partial charge in [0.05, 0.1) is 7.11 Å². The minimum absolute atomic E-state index is 0.513. The van der Waals surface area contributed by atoms with Crippen LogP contribution in [0, 0.1) is 0 Å². The molecule has 0 aromatic rings. The van der Waals surface area contributed by atoms with Crippen molar-refractivity contribution in [3.8, 4) is 0 Å². The van der Waals surface area contributed by atoms with Crippen LogP contribution in [-0.4, -0.2) is 53.1 Å². The van der Waals surface area contributed by atoms with Crippen molar-refractivity contribution in [2.75, 3.05) is 7.11 Å². The molecule has 0 aromatic carbocycles. The molecule has 0 radical (unpaired) electrons. The number of rotatable bonds is 5. The third-order valence-electron chi connectivity index (χ3n) is 1.92. The van der Waals surface area contributed by atoms with Crippen LogP contribution in [0.3, 0.4) is 0 Å². The highest BCUT2D eigenvalue weighted by Crippen LogP contribution is 2.08. The van der Waals surface area contributed by atoms with Gasteiger partial charge in [-0.3, -0.25) is 0 Å². The van der Waals surface area contributed by atoms with Crippen molar-refractivity contribution in [3.63, 3.8) is 0 Å². The van der Waals surface area contributed by atoms with Crippen molar-refractivity contribution in [2.45, 2.75) is 44.9 Å².